The van der Waals surface area contributed by atoms with Crippen molar-refractivity contribution in [3.8, 4) is 11.3 Å². The summed E-state index contributed by atoms with van der Waals surface area (Å²) < 4.78 is 0. The molecule has 0 saturated carbocycles. The molecule has 1 aromatic heterocycles. The first-order valence-corrected chi connectivity index (χ1v) is 8.66. The van der Waals surface area contributed by atoms with Crippen LogP contribution in [0.2, 0.25) is 10.0 Å². The number of nitrogens with zero attached hydrogens (tertiary/aromatic N) is 3. The van der Waals surface area contributed by atoms with Gasteiger partial charge in [-0.3, -0.25) is 4.98 Å². The molecule has 0 bridgehead atoms. The Balaban J connectivity index is 1.88. The standard InChI is InChI=1S/C18H21Cl2N3/c1-12-17(13-5-4-6-14(19)16(13)20)21-11-15(22-12)23-9-7-18(2,3)8-10-23/h4-6,11H,7-10H2,1-3H3. The van der Waals surface area contributed by atoms with Gasteiger partial charge < -0.3 is 4.90 Å². The normalized spacial score (nSPS) is 17.3. The van der Waals surface area contributed by atoms with Gasteiger partial charge in [-0.15, -0.1) is 0 Å². The van der Waals surface area contributed by atoms with E-state index in [2.05, 4.69) is 23.7 Å². The number of anilines is 1. The van der Waals surface area contributed by atoms with E-state index in [0.29, 0.717) is 15.5 Å². The largest absolute Gasteiger partial charge is 0.355 e. The van der Waals surface area contributed by atoms with Gasteiger partial charge in [-0.05, 0) is 31.2 Å². The van der Waals surface area contributed by atoms with E-state index in [4.69, 9.17) is 28.2 Å². The summed E-state index contributed by atoms with van der Waals surface area (Å²) in [6.45, 7) is 8.67. The minimum atomic E-state index is 0.424. The van der Waals surface area contributed by atoms with Crippen molar-refractivity contribution in [1.82, 2.24) is 9.97 Å². The van der Waals surface area contributed by atoms with Crippen molar-refractivity contribution in [3.05, 3.63) is 40.1 Å². The van der Waals surface area contributed by atoms with Crippen LogP contribution < -0.4 is 4.90 Å². The van der Waals surface area contributed by atoms with E-state index in [1.807, 2.05) is 25.3 Å². The molecule has 3 rings (SSSR count). The average Bonchev–Trinajstić information content (AvgIpc) is 2.50. The number of hydrogen-bond donors (Lipinski definition) is 0. The van der Waals surface area contributed by atoms with Crippen LogP contribution in [0.3, 0.4) is 0 Å². The highest BCUT2D eigenvalue weighted by atomic mass is 35.5. The Kier molecular flexibility index (Phi) is 4.52. The molecule has 0 unspecified atom stereocenters. The van der Waals surface area contributed by atoms with E-state index in [-0.39, 0.29) is 0 Å². The highest BCUT2D eigenvalue weighted by Gasteiger charge is 2.26. The molecule has 5 heteroatoms. The van der Waals surface area contributed by atoms with Crippen molar-refractivity contribution < 1.29 is 0 Å². The highest BCUT2D eigenvalue weighted by Crippen LogP contribution is 2.35. The number of aryl methyl sites for hydroxylation is 1. The Labute approximate surface area is 147 Å². The minimum absolute atomic E-state index is 0.424. The summed E-state index contributed by atoms with van der Waals surface area (Å²) in [4.78, 5) is 11.7. The number of benzene rings is 1. The summed E-state index contributed by atoms with van der Waals surface area (Å²) in [5, 5.41) is 1.06. The lowest BCUT2D eigenvalue weighted by atomic mass is 9.83. The van der Waals surface area contributed by atoms with E-state index >= 15 is 0 Å². The molecule has 0 spiro atoms. The lowest BCUT2D eigenvalue weighted by Crippen LogP contribution is -2.37. The van der Waals surface area contributed by atoms with Crippen molar-refractivity contribution in [3.63, 3.8) is 0 Å². The van der Waals surface area contributed by atoms with Crippen LogP contribution in [0.25, 0.3) is 11.3 Å². The number of piperidine rings is 1. The molecule has 122 valence electrons. The second-order valence-electron chi connectivity index (χ2n) is 6.91. The molecule has 0 amide bonds. The van der Waals surface area contributed by atoms with Gasteiger partial charge in [0.25, 0.3) is 0 Å². The summed E-state index contributed by atoms with van der Waals surface area (Å²) in [7, 11) is 0. The summed E-state index contributed by atoms with van der Waals surface area (Å²) in [5.41, 5.74) is 2.92. The molecule has 0 N–H and O–H groups in total. The maximum atomic E-state index is 6.31. The number of hydrogen-bond acceptors (Lipinski definition) is 3. The predicted molar refractivity (Wildman–Crippen MR) is 97.5 cm³/mol. The Hall–Kier alpha value is -1.32. The minimum Gasteiger partial charge on any atom is -0.355 e. The molecular formula is C18H21Cl2N3. The molecule has 1 aliphatic heterocycles. The first-order chi connectivity index (χ1) is 10.9. The van der Waals surface area contributed by atoms with E-state index in [0.717, 1.165) is 35.9 Å². The van der Waals surface area contributed by atoms with Crippen LogP contribution in [-0.2, 0) is 0 Å². The Morgan fingerprint density at radius 2 is 1.83 bits per heavy atom. The quantitative estimate of drug-likeness (QED) is 0.728. The molecular weight excluding hydrogens is 329 g/mol. The molecule has 3 nitrogen and oxygen atoms in total. The zero-order chi connectivity index (χ0) is 16.6. The van der Waals surface area contributed by atoms with Crippen LogP contribution in [-0.4, -0.2) is 23.1 Å². The SMILES string of the molecule is Cc1nc(N2CCC(C)(C)CC2)cnc1-c1cccc(Cl)c1Cl. The van der Waals surface area contributed by atoms with Gasteiger partial charge in [0.05, 0.1) is 27.6 Å². The predicted octanol–water partition coefficient (Wildman–Crippen LogP) is 5.39. The number of halogens is 2. The zero-order valence-electron chi connectivity index (χ0n) is 13.7. The maximum Gasteiger partial charge on any atom is 0.147 e. The Bertz CT molecular complexity index is 718. The van der Waals surface area contributed by atoms with Gasteiger partial charge in [-0.1, -0.05) is 49.2 Å². The zero-order valence-corrected chi connectivity index (χ0v) is 15.2. The van der Waals surface area contributed by atoms with Crippen molar-refractivity contribution >= 4 is 29.0 Å². The molecule has 1 fully saturated rings. The smallest absolute Gasteiger partial charge is 0.147 e. The molecule has 23 heavy (non-hydrogen) atoms. The van der Waals surface area contributed by atoms with E-state index in [1.54, 1.807) is 6.07 Å². The third-order valence-electron chi connectivity index (χ3n) is 4.58. The number of rotatable bonds is 2. The van der Waals surface area contributed by atoms with Crippen LogP contribution in [0.15, 0.2) is 24.4 Å². The monoisotopic (exact) mass is 349 g/mol. The van der Waals surface area contributed by atoms with E-state index in [9.17, 15) is 0 Å². The maximum absolute atomic E-state index is 6.31. The van der Waals surface area contributed by atoms with Crippen LogP contribution in [0.5, 0.6) is 0 Å². The molecule has 0 radical (unpaired) electrons. The van der Waals surface area contributed by atoms with Crippen LogP contribution in [0.1, 0.15) is 32.4 Å². The lowest BCUT2D eigenvalue weighted by molar-refractivity contribution is 0.279. The van der Waals surface area contributed by atoms with Crippen molar-refractivity contribution in [2.45, 2.75) is 33.6 Å². The summed E-state index contributed by atoms with van der Waals surface area (Å²) in [6, 6.07) is 5.58. The highest BCUT2D eigenvalue weighted by molar-refractivity contribution is 6.43. The van der Waals surface area contributed by atoms with Gasteiger partial charge in [0.1, 0.15) is 5.82 Å². The first kappa shape index (κ1) is 16.5. The van der Waals surface area contributed by atoms with Gasteiger partial charge >= 0.3 is 0 Å². The Morgan fingerprint density at radius 3 is 2.48 bits per heavy atom. The van der Waals surface area contributed by atoms with Crippen LogP contribution in [0.4, 0.5) is 5.82 Å². The topological polar surface area (TPSA) is 29.0 Å². The van der Waals surface area contributed by atoms with Crippen molar-refractivity contribution in [1.29, 1.82) is 0 Å². The second kappa shape index (κ2) is 6.29. The van der Waals surface area contributed by atoms with Gasteiger partial charge in [0, 0.05) is 18.7 Å². The van der Waals surface area contributed by atoms with Crippen molar-refractivity contribution in [2.24, 2.45) is 5.41 Å². The summed E-state index contributed by atoms with van der Waals surface area (Å²) in [6.07, 6.45) is 4.20. The molecule has 2 heterocycles. The van der Waals surface area contributed by atoms with Crippen LogP contribution >= 0.6 is 23.2 Å². The molecule has 0 aliphatic carbocycles. The Morgan fingerprint density at radius 1 is 1.13 bits per heavy atom. The molecule has 1 aliphatic rings. The van der Waals surface area contributed by atoms with Gasteiger partial charge in [-0.25, -0.2) is 4.98 Å². The third kappa shape index (κ3) is 3.46. The molecule has 0 atom stereocenters. The average molecular weight is 350 g/mol. The fraction of sp³-hybridized carbons (Fsp3) is 0.444. The fourth-order valence-corrected chi connectivity index (χ4v) is 3.30. The number of aromatic nitrogens is 2. The van der Waals surface area contributed by atoms with E-state index < -0.39 is 0 Å². The second-order valence-corrected chi connectivity index (χ2v) is 7.70. The van der Waals surface area contributed by atoms with Crippen molar-refractivity contribution in [2.75, 3.05) is 18.0 Å². The molecule has 2 aromatic rings. The van der Waals surface area contributed by atoms with Gasteiger partial charge in [0.2, 0.25) is 0 Å². The lowest BCUT2D eigenvalue weighted by Gasteiger charge is -2.37. The van der Waals surface area contributed by atoms with Gasteiger partial charge in [-0.2, -0.15) is 0 Å². The van der Waals surface area contributed by atoms with Crippen LogP contribution in [0, 0.1) is 12.3 Å². The fourth-order valence-electron chi connectivity index (χ4n) is 2.91. The summed E-state index contributed by atoms with van der Waals surface area (Å²) >= 11 is 12.4. The first-order valence-electron chi connectivity index (χ1n) is 7.90. The molecule has 1 aromatic carbocycles. The summed E-state index contributed by atoms with van der Waals surface area (Å²) in [5.74, 6) is 0.944. The van der Waals surface area contributed by atoms with Gasteiger partial charge in [0.15, 0.2) is 0 Å². The van der Waals surface area contributed by atoms with E-state index in [1.165, 1.54) is 12.8 Å². The molecule has 1 saturated heterocycles. The third-order valence-corrected chi connectivity index (χ3v) is 5.40.